The van der Waals surface area contributed by atoms with Crippen LogP contribution in [0.25, 0.3) is 0 Å². The van der Waals surface area contributed by atoms with Gasteiger partial charge in [-0.15, -0.1) is 0 Å². The molecule has 0 saturated carbocycles. The van der Waals surface area contributed by atoms with Crippen molar-refractivity contribution in [3.63, 3.8) is 0 Å². The minimum Gasteiger partial charge on any atom is -0.447 e. The van der Waals surface area contributed by atoms with E-state index in [2.05, 4.69) is 0 Å². The first-order chi connectivity index (χ1) is 5.59. The second-order valence-corrected chi connectivity index (χ2v) is 3.66. The molecule has 1 atom stereocenters. The molecule has 68 valence electrons. The van der Waals surface area contributed by atoms with Gasteiger partial charge in [0.15, 0.2) is 5.22 Å². The standard InChI is InChI=1S/C9H13ClO2/c1-6(2)5-7(11)8-3-4-9(10)12-8/h3-4,6-7,11H,5H2,1-2H3. The summed E-state index contributed by atoms with van der Waals surface area (Å²) in [7, 11) is 0. The summed E-state index contributed by atoms with van der Waals surface area (Å²) >= 11 is 5.56. The van der Waals surface area contributed by atoms with E-state index in [4.69, 9.17) is 16.0 Å². The van der Waals surface area contributed by atoms with Gasteiger partial charge in [-0.2, -0.15) is 0 Å². The summed E-state index contributed by atoms with van der Waals surface area (Å²) in [5, 5.41) is 9.88. The van der Waals surface area contributed by atoms with Gasteiger partial charge in [0.05, 0.1) is 0 Å². The van der Waals surface area contributed by atoms with Crippen LogP contribution in [-0.2, 0) is 0 Å². The minimum absolute atomic E-state index is 0.327. The Morgan fingerprint density at radius 3 is 2.58 bits per heavy atom. The Balaban J connectivity index is 2.58. The largest absolute Gasteiger partial charge is 0.447 e. The third kappa shape index (κ3) is 2.54. The predicted molar refractivity (Wildman–Crippen MR) is 48.1 cm³/mol. The molecule has 0 saturated heterocycles. The number of hydrogen-bond acceptors (Lipinski definition) is 2. The van der Waals surface area contributed by atoms with E-state index in [0.717, 1.165) is 0 Å². The number of halogens is 1. The molecule has 0 aliphatic rings. The van der Waals surface area contributed by atoms with Crippen LogP contribution in [0.3, 0.4) is 0 Å². The molecule has 0 fully saturated rings. The molecular weight excluding hydrogens is 176 g/mol. The Kier molecular flexibility index (Phi) is 3.18. The average Bonchev–Trinajstić information content (AvgIpc) is 2.34. The molecule has 1 heterocycles. The molecule has 0 bridgehead atoms. The van der Waals surface area contributed by atoms with Crippen molar-refractivity contribution in [2.45, 2.75) is 26.4 Å². The first-order valence-electron chi connectivity index (χ1n) is 4.03. The fraction of sp³-hybridized carbons (Fsp3) is 0.556. The molecule has 0 radical (unpaired) electrons. The molecule has 1 N–H and O–H groups in total. The molecule has 1 aromatic rings. The van der Waals surface area contributed by atoms with Gasteiger partial charge in [0.2, 0.25) is 0 Å². The van der Waals surface area contributed by atoms with Crippen LogP contribution in [0.1, 0.15) is 32.1 Å². The van der Waals surface area contributed by atoms with E-state index in [9.17, 15) is 5.11 Å². The van der Waals surface area contributed by atoms with Crippen LogP contribution in [0, 0.1) is 5.92 Å². The lowest BCUT2D eigenvalue weighted by molar-refractivity contribution is 0.126. The second-order valence-electron chi connectivity index (χ2n) is 3.29. The third-order valence-corrected chi connectivity index (χ3v) is 1.82. The SMILES string of the molecule is CC(C)CC(O)c1ccc(Cl)o1. The lowest BCUT2D eigenvalue weighted by atomic mass is 10.0. The van der Waals surface area contributed by atoms with Gasteiger partial charge in [-0.1, -0.05) is 13.8 Å². The zero-order valence-electron chi connectivity index (χ0n) is 7.25. The van der Waals surface area contributed by atoms with E-state index in [1.807, 2.05) is 13.8 Å². The van der Waals surface area contributed by atoms with E-state index in [0.29, 0.717) is 23.3 Å². The van der Waals surface area contributed by atoms with Crippen LogP contribution in [0.2, 0.25) is 5.22 Å². The molecule has 1 aromatic heterocycles. The molecular formula is C9H13ClO2. The van der Waals surface area contributed by atoms with Crippen LogP contribution in [0.15, 0.2) is 16.5 Å². The average molecular weight is 189 g/mol. The van der Waals surface area contributed by atoms with Crippen molar-refractivity contribution in [1.29, 1.82) is 0 Å². The van der Waals surface area contributed by atoms with Gasteiger partial charge in [-0.3, -0.25) is 0 Å². The van der Waals surface area contributed by atoms with Gasteiger partial charge in [0.1, 0.15) is 11.9 Å². The fourth-order valence-electron chi connectivity index (χ4n) is 1.07. The Hall–Kier alpha value is -0.470. The highest BCUT2D eigenvalue weighted by molar-refractivity contribution is 6.28. The number of aliphatic hydroxyl groups is 1. The predicted octanol–water partition coefficient (Wildman–Crippen LogP) is 3.01. The van der Waals surface area contributed by atoms with Crippen LogP contribution >= 0.6 is 11.6 Å². The highest BCUT2D eigenvalue weighted by atomic mass is 35.5. The summed E-state index contributed by atoms with van der Waals surface area (Å²) < 4.78 is 5.06. The zero-order valence-corrected chi connectivity index (χ0v) is 8.01. The lowest BCUT2D eigenvalue weighted by Gasteiger charge is -2.09. The first kappa shape index (κ1) is 9.62. The highest BCUT2D eigenvalue weighted by Crippen LogP contribution is 2.24. The maximum atomic E-state index is 9.55. The minimum atomic E-state index is -0.530. The van der Waals surface area contributed by atoms with Crippen molar-refractivity contribution in [2.24, 2.45) is 5.92 Å². The molecule has 12 heavy (non-hydrogen) atoms. The zero-order chi connectivity index (χ0) is 9.14. The van der Waals surface area contributed by atoms with E-state index < -0.39 is 6.10 Å². The van der Waals surface area contributed by atoms with Crippen molar-refractivity contribution in [2.75, 3.05) is 0 Å². The molecule has 0 aliphatic heterocycles. The van der Waals surface area contributed by atoms with E-state index in [-0.39, 0.29) is 0 Å². The molecule has 3 heteroatoms. The Morgan fingerprint density at radius 1 is 1.50 bits per heavy atom. The summed E-state index contributed by atoms with van der Waals surface area (Å²) in [6, 6.07) is 3.34. The van der Waals surface area contributed by atoms with Gasteiger partial charge >= 0.3 is 0 Å². The normalized spacial score (nSPS) is 13.8. The number of hydrogen-bond donors (Lipinski definition) is 1. The first-order valence-corrected chi connectivity index (χ1v) is 4.40. The number of rotatable bonds is 3. The van der Waals surface area contributed by atoms with Crippen LogP contribution in [-0.4, -0.2) is 5.11 Å². The van der Waals surface area contributed by atoms with E-state index in [1.54, 1.807) is 12.1 Å². The molecule has 1 unspecified atom stereocenters. The third-order valence-electron chi connectivity index (χ3n) is 1.62. The van der Waals surface area contributed by atoms with Gasteiger partial charge in [-0.25, -0.2) is 0 Å². The summed E-state index contributed by atoms with van der Waals surface area (Å²) in [5.74, 6) is 0.998. The Labute approximate surface area is 77.1 Å². The number of aliphatic hydroxyl groups excluding tert-OH is 1. The van der Waals surface area contributed by atoms with Crippen LogP contribution < -0.4 is 0 Å². The summed E-state index contributed by atoms with van der Waals surface area (Å²) in [4.78, 5) is 0. The van der Waals surface area contributed by atoms with E-state index in [1.165, 1.54) is 0 Å². The van der Waals surface area contributed by atoms with Gasteiger partial charge < -0.3 is 9.52 Å². The maximum absolute atomic E-state index is 9.55. The van der Waals surface area contributed by atoms with Crippen molar-refractivity contribution in [1.82, 2.24) is 0 Å². The summed E-state index contributed by atoms with van der Waals surface area (Å²) in [5.41, 5.74) is 0. The van der Waals surface area contributed by atoms with Crippen LogP contribution in [0.4, 0.5) is 0 Å². The Bertz CT molecular complexity index is 242. The quantitative estimate of drug-likeness (QED) is 0.791. The van der Waals surface area contributed by atoms with Gasteiger partial charge in [0.25, 0.3) is 0 Å². The molecule has 0 aliphatic carbocycles. The molecule has 2 nitrogen and oxygen atoms in total. The smallest absolute Gasteiger partial charge is 0.193 e. The molecule has 0 amide bonds. The number of furan rings is 1. The van der Waals surface area contributed by atoms with Crippen LogP contribution in [0.5, 0.6) is 0 Å². The molecule has 1 rings (SSSR count). The second kappa shape index (κ2) is 3.97. The summed E-state index contributed by atoms with van der Waals surface area (Å²) in [6.45, 7) is 4.10. The van der Waals surface area contributed by atoms with Crippen molar-refractivity contribution >= 4 is 11.6 Å². The highest BCUT2D eigenvalue weighted by Gasteiger charge is 2.13. The monoisotopic (exact) mass is 188 g/mol. The lowest BCUT2D eigenvalue weighted by Crippen LogP contribution is -2.00. The topological polar surface area (TPSA) is 33.4 Å². The van der Waals surface area contributed by atoms with Crippen molar-refractivity contribution < 1.29 is 9.52 Å². The van der Waals surface area contributed by atoms with E-state index >= 15 is 0 Å². The maximum Gasteiger partial charge on any atom is 0.193 e. The Morgan fingerprint density at radius 2 is 2.17 bits per heavy atom. The summed E-state index contributed by atoms with van der Waals surface area (Å²) in [6.07, 6.45) is 0.168. The van der Waals surface area contributed by atoms with Gasteiger partial charge in [0, 0.05) is 0 Å². The molecule has 0 spiro atoms. The van der Waals surface area contributed by atoms with Crippen molar-refractivity contribution in [3.05, 3.63) is 23.1 Å². The fourth-order valence-corrected chi connectivity index (χ4v) is 1.22. The molecule has 0 aromatic carbocycles. The van der Waals surface area contributed by atoms with Crippen molar-refractivity contribution in [3.8, 4) is 0 Å². The van der Waals surface area contributed by atoms with Gasteiger partial charge in [-0.05, 0) is 36.1 Å².